The van der Waals surface area contributed by atoms with Gasteiger partial charge in [-0.2, -0.15) is 0 Å². The van der Waals surface area contributed by atoms with E-state index in [4.69, 9.17) is 23.8 Å². The Kier molecular flexibility index (Phi) is 2.89. The second kappa shape index (κ2) is 4.55. The molecule has 1 aromatic carbocycles. The number of nitrogens with one attached hydrogen (secondary N) is 1. The molecule has 0 saturated carbocycles. The molecule has 2 aromatic heterocycles. The van der Waals surface area contributed by atoms with Crippen LogP contribution in [0.4, 0.5) is 0 Å². The first kappa shape index (κ1) is 11.4. The molecule has 0 bridgehead atoms. The largest absolute Gasteiger partial charge is 0.331 e. The lowest BCUT2D eigenvalue weighted by Gasteiger charge is -2.05. The highest BCUT2D eigenvalue weighted by molar-refractivity contribution is 7.71. The third-order valence-corrected chi connectivity index (χ3v) is 3.43. The lowest BCUT2D eigenvalue weighted by atomic mass is 10.2. The van der Waals surface area contributed by atoms with Gasteiger partial charge in [0.1, 0.15) is 0 Å². The summed E-state index contributed by atoms with van der Waals surface area (Å²) in [5.41, 5.74) is 2.99. The molecule has 0 spiro atoms. The molecule has 18 heavy (non-hydrogen) atoms. The molecule has 0 aliphatic carbocycles. The zero-order valence-corrected chi connectivity index (χ0v) is 11.0. The first-order valence-electron chi connectivity index (χ1n) is 5.51. The number of imidazole rings is 1. The van der Waals surface area contributed by atoms with E-state index < -0.39 is 0 Å². The average molecular weight is 276 g/mol. The van der Waals surface area contributed by atoms with Gasteiger partial charge in [-0.3, -0.25) is 4.98 Å². The summed E-state index contributed by atoms with van der Waals surface area (Å²) < 4.78 is 2.66. The van der Waals surface area contributed by atoms with E-state index >= 15 is 0 Å². The predicted octanol–water partition coefficient (Wildman–Crippen LogP) is 3.80. The molecule has 0 saturated heterocycles. The third-order valence-electron chi connectivity index (χ3n) is 2.81. The predicted molar refractivity (Wildman–Crippen MR) is 75.5 cm³/mol. The Morgan fingerprint density at radius 2 is 2.17 bits per heavy atom. The maximum absolute atomic E-state index is 6.24. The number of benzene rings is 1. The molecule has 90 valence electrons. The van der Waals surface area contributed by atoms with Crippen LogP contribution in [0.5, 0.6) is 0 Å². The summed E-state index contributed by atoms with van der Waals surface area (Å²) in [4.78, 5) is 7.27. The van der Waals surface area contributed by atoms with Gasteiger partial charge < -0.3 is 9.55 Å². The molecule has 0 amide bonds. The first-order valence-corrected chi connectivity index (χ1v) is 6.30. The van der Waals surface area contributed by atoms with E-state index in [2.05, 4.69) is 9.97 Å². The van der Waals surface area contributed by atoms with Gasteiger partial charge in [0, 0.05) is 12.4 Å². The monoisotopic (exact) mass is 275 g/mol. The molecular formula is C13H10ClN3S. The summed E-state index contributed by atoms with van der Waals surface area (Å²) in [6.45, 7) is 0.663. The highest BCUT2D eigenvalue weighted by Crippen LogP contribution is 2.23. The van der Waals surface area contributed by atoms with E-state index in [-0.39, 0.29) is 0 Å². The van der Waals surface area contributed by atoms with Crippen LogP contribution >= 0.6 is 23.8 Å². The van der Waals surface area contributed by atoms with Gasteiger partial charge in [-0.05, 0) is 36.0 Å². The maximum atomic E-state index is 6.24. The number of hydrogen-bond acceptors (Lipinski definition) is 2. The summed E-state index contributed by atoms with van der Waals surface area (Å²) in [6, 6.07) is 9.67. The molecule has 0 fully saturated rings. The van der Waals surface area contributed by atoms with Crippen molar-refractivity contribution in [1.82, 2.24) is 14.5 Å². The van der Waals surface area contributed by atoms with Crippen LogP contribution in [0, 0.1) is 4.77 Å². The van der Waals surface area contributed by atoms with Gasteiger partial charge in [-0.1, -0.05) is 23.7 Å². The van der Waals surface area contributed by atoms with Crippen molar-refractivity contribution in [3.63, 3.8) is 0 Å². The van der Waals surface area contributed by atoms with Crippen molar-refractivity contribution in [3.05, 3.63) is 58.1 Å². The van der Waals surface area contributed by atoms with Crippen molar-refractivity contribution >= 4 is 34.9 Å². The van der Waals surface area contributed by atoms with Crippen molar-refractivity contribution in [2.75, 3.05) is 0 Å². The van der Waals surface area contributed by atoms with E-state index in [0.717, 1.165) is 16.6 Å². The van der Waals surface area contributed by atoms with Crippen LogP contribution < -0.4 is 0 Å². The fourth-order valence-corrected chi connectivity index (χ4v) is 2.54. The quantitative estimate of drug-likeness (QED) is 0.722. The summed E-state index contributed by atoms with van der Waals surface area (Å²) in [5.74, 6) is 0. The number of para-hydroxylation sites is 1. The van der Waals surface area contributed by atoms with E-state index in [0.29, 0.717) is 16.3 Å². The standard InChI is InChI=1S/C13H10ClN3S/c14-10-4-1-5-11-12(10)17(13(18)16-11)8-9-3-2-6-15-7-9/h1-7H,8H2,(H,16,18). The number of halogens is 1. The van der Waals surface area contributed by atoms with Crippen LogP contribution in [-0.2, 0) is 6.54 Å². The highest BCUT2D eigenvalue weighted by Gasteiger charge is 2.08. The number of nitrogens with zero attached hydrogens (tertiary/aromatic N) is 2. The Morgan fingerprint density at radius 1 is 1.28 bits per heavy atom. The summed E-state index contributed by atoms with van der Waals surface area (Å²) in [7, 11) is 0. The summed E-state index contributed by atoms with van der Waals surface area (Å²) >= 11 is 11.6. The Morgan fingerprint density at radius 3 is 2.94 bits per heavy atom. The van der Waals surface area contributed by atoms with E-state index in [9.17, 15) is 0 Å². The minimum Gasteiger partial charge on any atom is -0.331 e. The number of aromatic amines is 1. The molecule has 3 aromatic rings. The van der Waals surface area contributed by atoms with Crippen molar-refractivity contribution in [1.29, 1.82) is 0 Å². The zero-order valence-electron chi connectivity index (χ0n) is 9.43. The number of fused-ring (bicyclic) bond motifs is 1. The minimum atomic E-state index is 0.663. The van der Waals surface area contributed by atoms with E-state index in [1.165, 1.54) is 0 Å². The Hall–Kier alpha value is -1.65. The zero-order chi connectivity index (χ0) is 12.5. The highest BCUT2D eigenvalue weighted by atomic mass is 35.5. The van der Waals surface area contributed by atoms with Crippen molar-refractivity contribution < 1.29 is 0 Å². The molecule has 3 nitrogen and oxygen atoms in total. The smallest absolute Gasteiger partial charge is 0.178 e. The summed E-state index contributed by atoms with van der Waals surface area (Å²) in [5, 5.41) is 0.698. The van der Waals surface area contributed by atoms with Gasteiger partial charge in [0.25, 0.3) is 0 Å². The molecule has 0 radical (unpaired) electrons. The van der Waals surface area contributed by atoms with Gasteiger partial charge in [-0.25, -0.2) is 0 Å². The van der Waals surface area contributed by atoms with Crippen molar-refractivity contribution in [2.24, 2.45) is 0 Å². The number of rotatable bonds is 2. The maximum Gasteiger partial charge on any atom is 0.178 e. The van der Waals surface area contributed by atoms with Gasteiger partial charge in [0.15, 0.2) is 4.77 Å². The van der Waals surface area contributed by atoms with Crippen LogP contribution in [0.3, 0.4) is 0 Å². The number of aromatic nitrogens is 3. The fourth-order valence-electron chi connectivity index (χ4n) is 2.00. The Labute approximate surface area is 114 Å². The molecule has 2 heterocycles. The third kappa shape index (κ3) is 1.94. The van der Waals surface area contributed by atoms with Gasteiger partial charge in [0.2, 0.25) is 0 Å². The molecule has 5 heteroatoms. The van der Waals surface area contributed by atoms with E-state index in [1.807, 2.05) is 41.1 Å². The number of H-pyrrole nitrogens is 1. The molecule has 0 unspecified atom stereocenters. The first-order chi connectivity index (χ1) is 8.75. The van der Waals surface area contributed by atoms with Crippen molar-refractivity contribution in [2.45, 2.75) is 6.54 Å². The molecule has 0 aliphatic rings. The Bertz CT molecular complexity index is 746. The molecule has 1 N–H and O–H groups in total. The van der Waals surface area contributed by atoms with Gasteiger partial charge in [0.05, 0.1) is 22.6 Å². The van der Waals surface area contributed by atoms with Crippen LogP contribution in [0.1, 0.15) is 5.56 Å². The van der Waals surface area contributed by atoms with Gasteiger partial charge in [-0.15, -0.1) is 0 Å². The molecule has 0 aliphatic heterocycles. The van der Waals surface area contributed by atoms with Crippen LogP contribution in [-0.4, -0.2) is 14.5 Å². The normalized spacial score (nSPS) is 10.9. The second-order valence-electron chi connectivity index (χ2n) is 4.01. The molecule has 3 rings (SSSR count). The molecular weight excluding hydrogens is 266 g/mol. The summed E-state index contributed by atoms with van der Waals surface area (Å²) in [6.07, 6.45) is 3.59. The Balaban J connectivity index is 2.17. The molecule has 0 atom stereocenters. The van der Waals surface area contributed by atoms with E-state index in [1.54, 1.807) is 6.20 Å². The number of pyridine rings is 1. The lowest BCUT2D eigenvalue weighted by Crippen LogP contribution is -2.00. The topological polar surface area (TPSA) is 33.6 Å². The van der Waals surface area contributed by atoms with Gasteiger partial charge >= 0.3 is 0 Å². The lowest BCUT2D eigenvalue weighted by molar-refractivity contribution is 0.806. The SMILES string of the molecule is S=c1[nH]c2cccc(Cl)c2n1Cc1cccnc1. The van der Waals surface area contributed by atoms with Crippen molar-refractivity contribution in [3.8, 4) is 0 Å². The average Bonchev–Trinajstić information content (AvgIpc) is 2.69. The minimum absolute atomic E-state index is 0.663. The number of hydrogen-bond donors (Lipinski definition) is 1. The second-order valence-corrected chi connectivity index (χ2v) is 4.81. The van der Waals surface area contributed by atoms with Crippen LogP contribution in [0.15, 0.2) is 42.7 Å². The van der Waals surface area contributed by atoms with Crippen LogP contribution in [0.2, 0.25) is 5.02 Å². The van der Waals surface area contributed by atoms with Crippen LogP contribution in [0.25, 0.3) is 11.0 Å². The fraction of sp³-hybridized carbons (Fsp3) is 0.0769.